The molecule has 108 valence electrons. The van der Waals surface area contributed by atoms with Crippen molar-refractivity contribution in [3.05, 3.63) is 23.5 Å². The van der Waals surface area contributed by atoms with Gasteiger partial charge in [0.1, 0.15) is 0 Å². The molecule has 0 amide bonds. The fraction of sp³-hybridized carbons (Fsp3) is 0.722. The SMILES string of the molecule is CC(C)(C)c1ccc(C=NC2C3CC4CC(C3)C2C4)[nH]1. The average Bonchev–Trinajstić information content (AvgIpc) is 3.00. The molecule has 1 aromatic heterocycles. The first kappa shape index (κ1) is 12.7. The van der Waals surface area contributed by atoms with Crippen LogP contribution in [0, 0.1) is 23.7 Å². The summed E-state index contributed by atoms with van der Waals surface area (Å²) >= 11 is 0. The van der Waals surface area contributed by atoms with Crippen LogP contribution in [0.2, 0.25) is 0 Å². The minimum Gasteiger partial charge on any atom is -0.357 e. The standard InChI is InChI=1S/C18H26N2/c1-18(2,3)16-5-4-14(20-16)10-19-17-13-7-11-6-12(9-13)15(17)8-11/h4-5,10-13,15,17,20H,6-9H2,1-3H3. The third kappa shape index (κ3) is 1.96. The fourth-order valence-corrected chi connectivity index (χ4v) is 5.02. The predicted octanol–water partition coefficient (Wildman–Crippen LogP) is 4.17. The molecule has 1 aromatic rings. The highest BCUT2D eigenvalue weighted by Gasteiger charge is 2.53. The van der Waals surface area contributed by atoms with E-state index in [9.17, 15) is 0 Å². The molecule has 4 fully saturated rings. The van der Waals surface area contributed by atoms with Crippen molar-refractivity contribution >= 4 is 6.21 Å². The number of hydrogen-bond acceptors (Lipinski definition) is 1. The van der Waals surface area contributed by atoms with Crippen molar-refractivity contribution in [3.8, 4) is 0 Å². The van der Waals surface area contributed by atoms with Crippen LogP contribution in [0.5, 0.6) is 0 Å². The summed E-state index contributed by atoms with van der Waals surface area (Å²) in [4.78, 5) is 8.51. The predicted molar refractivity (Wildman–Crippen MR) is 83.3 cm³/mol. The van der Waals surface area contributed by atoms with Gasteiger partial charge in [0.2, 0.25) is 0 Å². The molecule has 20 heavy (non-hydrogen) atoms. The smallest absolute Gasteiger partial charge is 0.0564 e. The van der Waals surface area contributed by atoms with Crippen LogP contribution in [0.1, 0.15) is 57.8 Å². The number of aromatic amines is 1. The number of hydrogen-bond donors (Lipinski definition) is 1. The van der Waals surface area contributed by atoms with E-state index < -0.39 is 0 Å². The Kier molecular flexibility index (Phi) is 2.68. The van der Waals surface area contributed by atoms with Gasteiger partial charge in [-0.3, -0.25) is 4.99 Å². The Morgan fingerprint density at radius 2 is 1.90 bits per heavy atom. The lowest BCUT2D eigenvalue weighted by molar-refractivity contribution is 0.252. The summed E-state index contributed by atoms with van der Waals surface area (Å²) in [5, 5.41) is 0. The van der Waals surface area contributed by atoms with E-state index >= 15 is 0 Å². The second-order valence-electron chi connectivity index (χ2n) is 8.34. The minimum atomic E-state index is 0.192. The van der Waals surface area contributed by atoms with E-state index in [1.165, 1.54) is 37.1 Å². The zero-order valence-electron chi connectivity index (χ0n) is 12.9. The molecule has 0 radical (unpaired) electrons. The summed E-state index contributed by atoms with van der Waals surface area (Å²) in [7, 11) is 0. The van der Waals surface area contributed by atoms with Gasteiger partial charge in [0.15, 0.2) is 0 Å². The van der Waals surface area contributed by atoms with Crippen molar-refractivity contribution in [2.24, 2.45) is 28.7 Å². The van der Waals surface area contributed by atoms with Crippen LogP contribution in [0.25, 0.3) is 0 Å². The molecule has 0 saturated heterocycles. The average molecular weight is 270 g/mol. The van der Waals surface area contributed by atoms with Crippen molar-refractivity contribution < 1.29 is 0 Å². The van der Waals surface area contributed by atoms with Gasteiger partial charge >= 0.3 is 0 Å². The number of aliphatic imine (C=N–C) groups is 1. The molecule has 0 aliphatic heterocycles. The third-order valence-electron chi connectivity index (χ3n) is 5.91. The zero-order valence-corrected chi connectivity index (χ0v) is 12.9. The van der Waals surface area contributed by atoms with Gasteiger partial charge in [0.25, 0.3) is 0 Å². The first-order chi connectivity index (χ1) is 9.50. The highest BCUT2D eigenvalue weighted by Crippen LogP contribution is 2.59. The van der Waals surface area contributed by atoms with E-state index in [1.807, 2.05) is 0 Å². The van der Waals surface area contributed by atoms with Crippen molar-refractivity contribution in [1.29, 1.82) is 0 Å². The number of rotatable bonds is 2. The second-order valence-corrected chi connectivity index (χ2v) is 8.34. The van der Waals surface area contributed by atoms with Crippen LogP contribution in [0.15, 0.2) is 17.1 Å². The van der Waals surface area contributed by atoms with E-state index in [-0.39, 0.29) is 5.41 Å². The Morgan fingerprint density at radius 3 is 2.60 bits per heavy atom. The monoisotopic (exact) mass is 270 g/mol. The van der Waals surface area contributed by atoms with Crippen LogP contribution in [0.4, 0.5) is 0 Å². The van der Waals surface area contributed by atoms with Crippen molar-refractivity contribution in [3.63, 3.8) is 0 Å². The molecule has 5 atom stereocenters. The normalized spacial score (nSPS) is 39.2. The van der Waals surface area contributed by atoms with Crippen LogP contribution in [0.3, 0.4) is 0 Å². The van der Waals surface area contributed by atoms with E-state index in [0.29, 0.717) is 6.04 Å². The molecule has 4 saturated carbocycles. The van der Waals surface area contributed by atoms with Gasteiger partial charge in [0, 0.05) is 17.3 Å². The zero-order chi connectivity index (χ0) is 13.9. The third-order valence-corrected chi connectivity index (χ3v) is 5.91. The largest absolute Gasteiger partial charge is 0.357 e. The van der Waals surface area contributed by atoms with Crippen molar-refractivity contribution in [1.82, 2.24) is 4.98 Å². The molecule has 1 N–H and O–H groups in total. The first-order valence-electron chi connectivity index (χ1n) is 8.23. The molecule has 4 bridgehead atoms. The lowest BCUT2D eigenvalue weighted by Crippen LogP contribution is -2.26. The lowest BCUT2D eigenvalue weighted by Gasteiger charge is -2.29. The summed E-state index contributed by atoms with van der Waals surface area (Å²) in [5.74, 6) is 3.86. The number of H-pyrrole nitrogens is 1. The van der Waals surface area contributed by atoms with Crippen LogP contribution in [-0.4, -0.2) is 17.2 Å². The van der Waals surface area contributed by atoms with Gasteiger partial charge in [-0.2, -0.15) is 0 Å². The number of aromatic nitrogens is 1. The molecule has 2 nitrogen and oxygen atoms in total. The molecule has 5 rings (SSSR count). The maximum atomic E-state index is 4.99. The molecule has 0 aromatic carbocycles. The topological polar surface area (TPSA) is 28.1 Å². The number of nitrogens with one attached hydrogen (secondary N) is 1. The van der Waals surface area contributed by atoms with Crippen LogP contribution in [-0.2, 0) is 5.41 Å². The van der Waals surface area contributed by atoms with Gasteiger partial charge in [0.05, 0.1) is 11.7 Å². The number of nitrogens with zero attached hydrogens (tertiary/aromatic N) is 1. The van der Waals surface area contributed by atoms with Crippen LogP contribution >= 0.6 is 0 Å². The highest BCUT2D eigenvalue weighted by atomic mass is 14.9. The molecule has 1 heterocycles. The molecule has 0 spiro atoms. The Morgan fingerprint density at radius 1 is 1.10 bits per heavy atom. The maximum absolute atomic E-state index is 4.99. The summed E-state index contributed by atoms with van der Waals surface area (Å²) in [5.41, 5.74) is 2.66. The highest BCUT2D eigenvalue weighted by molar-refractivity contribution is 5.77. The quantitative estimate of drug-likeness (QED) is 0.782. The van der Waals surface area contributed by atoms with Crippen molar-refractivity contribution in [2.45, 2.75) is 57.9 Å². The Balaban J connectivity index is 1.51. The van der Waals surface area contributed by atoms with E-state index in [0.717, 1.165) is 23.7 Å². The summed E-state index contributed by atoms with van der Waals surface area (Å²) in [6.07, 6.45) is 7.98. The van der Waals surface area contributed by atoms with Crippen molar-refractivity contribution in [2.75, 3.05) is 0 Å². The summed E-state index contributed by atoms with van der Waals surface area (Å²) in [6, 6.07) is 5.00. The van der Waals surface area contributed by atoms with E-state index in [4.69, 9.17) is 4.99 Å². The molecule has 2 heteroatoms. The fourth-order valence-electron chi connectivity index (χ4n) is 5.02. The van der Waals surface area contributed by atoms with E-state index in [2.05, 4.69) is 44.1 Å². The molecular formula is C18H26N2. The van der Waals surface area contributed by atoms with E-state index in [1.54, 1.807) is 0 Å². The van der Waals surface area contributed by atoms with Gasteiger partial charge in [-0.25, -0.2) is 0 Å². The minimum absolute atomic E-state index is 0.192. The van der Waals surface area contributed by atoms with Gasteiger partial charge in [-0.1, -0.05) is 20.8 Å². The van der Waals surface area contributed by atoms with Gasteiger partial charge in [-0.15, -0.1) is 0 Å². The maximum Gasteiger partial charge on any atom is 0.0564 e. The first-order valence-corrected chi connectivity index (χ1v) is 8.23. The Labute approximate surface area is 122 Å². The van der Waals surface area contributed by atoms with Gasteiger partial charge in [-0.05, 0) is 61.5 Å². The lowest BCUT2D eigenvalue weighted by atomic mass is 9.79. The Hall–Kier alpha value is -1.05. The molecule has 4 aliphatic rings. The molecular weight excluding hydrogens is 244 g/mol. The van der Waals surface area contributed by atoms with Gasteiger partial charge < -0.3 is 4.98 Å². The molecule has 5 unspecified atom stereocenters. The summed E-state index contributed by atoms with van der Waals surface area (Å²) < 4.78 is 0. The second kappa shape index (κ2) is 4.22. The summed E-state index contributed by atoms with van der Waals surface area (Å²) in [6.45, 7) is 6.73. The molecule has 4 aliphatic carbocycles. The Bertz CT molecular complexity index is 530. The van der Waals surface area contributed by atoms with Crippen LogP contribution < -0.4 is 0 Å².